The van der Waals surface area contributed by atoms with E-state index in [9.17, 15) is 0 Å². The molecule has 0 amide bonds. The average molecular weight is 438 g/mol. The average Bonchev–Trinajstić information content (AvgIpc) is 2.67. The molecule has 1 aliphatic rings. The third kappa shape index (κ3) is 3.63. The van der Waals surface area contributed by atoms with E-state index in [1.54, 1.807) is 16.3 Å². The smallest absolute Gasteiger partial charge is 1.00 e. The number of allylic oxidation sites excluding steroid dienone is 4. The molecule has 0 saturated carbocycles. The van der Waals surface area contributed by atoms with Crippen LogP contribution in [0.2, 0.25) is 15.4 Å². The van der Waals surface area contributed by atoms with Crippen molar-refractivity contribution in [2.24, 2.45) is 0 Å². The maximum atomic E-state index is 2.53. The van der Waals surface area contributed by atoms with Gasteiger partial charge in [-0.15, -0.1) is 0 Å². The van der Waals surface area contributed by atoms with Gasteiger partial charge < -0.3 is 37.2 Å². The Morgan fingerprint density at radius 2 is 1.17 bits per heavy atom. The summed E-state index contributed by atoms with van der Waals surface area (Å²) >= 11 is 2.53. The van der Waals surface area contributed by atoms with Gasteiger partial charge in [-0.2, -0.15) is 0 Å². The van der Waals surface area contributed by atoms with Gasteiger partial charge in [0.05, 0.1) is 0 Å². The Morgan fingerprint density at radius 3 is 1.50 bits per heavy atom. The number of halogens is 3. The fourth-order valence-electron chi connectivity index (χ4n) is 4.29. The predicted octanol–water partition coefficient (Wildman–Crippen LogP) is -3.67. The molecule has 5 heteroatoms. The molecular formula is C19H27Cl3SiTi. The van der Waals surface area contributed by atoms with Crippen LogP contribution >= 0.6 is 0 Å². The molecule has 0 N–H and O–H groups in total. The second kappa shape index (κ2) is 10.00. The van der Waals surface area contributed by atoms with Crippen molar-refractivity contribution in [1.29, 1.82) is 0 Å². The molecule has 0 aromatic heterocycles. The molecule has 0 unspecified atom stereocenters. The van der Waals surface area contributed by atoms with Crippen LogP contribution in [0.25, 0.3) is 0 Å². The van der Waals surface area contributed by atoms with Gasteiger partial charge in [0.1, 0.15) is 0 Å². The molecular weight excluding hydrogens is 411 g/mol. The first-order valence-electron chi connectivity index (χ1n) is 8.03. The third-order valence-corrected chi connectivity index (χ3v) is 15.5. The molecule has 0 saturated heterocycles. The van der Waals surface area contributed by atoms with Gasteiger partial charge in [0, 0.05) is 0 Å². The standard InChI is InChI=1S/C19H27Si.3ClH.Ti/c1-7-20(8-2,18-12-10-9-11-13-18)19-16(5)14(3)15(4)17(19)6;;;;/h9-13H,7-8H2,1-6H3;3*1H;/q;;;;+3/p-3. The second-order valence-electron chi connectivity index (χ2n) is 6.41. The van der Waals surface area contributed by atoms with E-state index < -0.39 is 8.07 Å². The molecule has 0 heterocycles. The zero-order chi connectivity index (χ0) is 15.8. The quantitative estimate of drug-likeness (QED) is 0.426. The minimum absolute atomic E-state index is 0. The fraction of sp³-hybridized carbons (Fsp3) is 0.474. The maximum Gasteiger partial charge on any atom is -1.00 e. The van der Waals surface area contributed by atoms with E-state index in [1.165, 1.54) is 23.2 Å². The van der Waals surface area contributed by atoms with Crippen LogP contribution in [0.3, 0.4) is 0 Å². The topological polar surface area (TPSA) is 0 Å². The molecule has 2 rings (SSSR count). The van der Waals surface area contributed by atoms with Crippen molar-refractivity contribution < 1.29 is 57.7 Å². The van der Waals surface area contributed by atoms with Crippen LogP contribution in [0.15, 0.2) is 52.6 Å². The van der Waals surface area contributed by atoms with Gasteiger partial charge in [0.25, 0.3) is 0 Å². The van der Waals surface area contributed by atoms with E-state index in [2.05, 4.69) is 92.3 Å². The van der Waals surface area contributed by atoms with Gasteiger partial charge in [-0.25, -0.2) is 0 Å². The Hall–Kier alpha value is 0.501. The molecule has 0 nitrogen and oxygen atoms in total. The van der Waals surface area contributed by atoms with Crippen molar-refractivity contribution in [2.75, 3.05) is 0 Å². The van der Waals surface area contributed by atoms with Gasteiger partial charge >= 0.3 is 143 Å². The molecule has 1 aromatic rings. The molecule has 0 bridgehead atoms. The van der Waals surface area contributed by atoms with Gasteiger partial charge in [-0.1, -0.05) is 0 Å². The molecule has 1 aromatic carbocycles. The normalized spacial score (nSPS) is 16.3. The number of hydrogen-bond acceptors (Lipinski definition) is 0. The number of hydrogen-bond donors (Lipinski definition) is 0. The predicted molar refractivity (Wildman–Crippen MR) is 92.2 cm³/mol. The second-order valence-corrected chi connectivity index (χ2v) is 13.3. The summed E-state index contributed by atoms with van der Waals surface area (Å²) in [6, 6.07) is 14.0. The molecule has 0 aliphatic heterocycles. The van der Waals surface area contributed by atoms with E-state index in [4.69, 9.17) is 0 Å². The van der Waals surface area contributed by atoms with E-state index >= 15 is 0 Å². The van der Waals surface area contributed by atoms with E-state index in [1.807, 2.05) is 0 Å². The van der Waals surface area contributed by atoms with Crippen LogP contribution in [-0.4, -0.2) is 8.07 Å². The molecule has 0 fully saturated rings. The van der Waals surface area contributed by atoms with Crippen molar-refractivity contribution in [3.8, 4) is 0 Å². The Morgan fingerprint density at radius 1 is 0.792 bits per heavy atom. The van der Waals surface area contributed by atoms with Crippen molar-refractivity contribution >= 4 is 13.3 Å². The Labute approximate surface area is 179 Å². The van der Waals surface area contributed by atoms with Crippen LogP contribution in [0.5, 0.6) is 0 Å². The summed E-state index contributed by atoms with van der Waals surface area (Å²) in [5.74, 6) is 0. The van der Waals surface area contributed by atoms with Gasteiger partial charge in [0.2, 0.25) is 0 Å². The summed E-state index contributed by atoms with van der Waals surface area (Å²) in [5, 5.41) is 1.62. The molecule has 0 radical (unpaired) electrons. The first kappa shape index (κ1) is 26.7. The SMILES string of the molecule is CC[Si](CC)(c1ccccc1)[C]1([Ti+3])C(C)=C(C)C(C)=C1C.[Cl-].[Cl-].[Cl-]. The monoisotopic (exact) mass is 436 g/mol. The molecule has 24 heavy (non-hydrogen) atoms. The summed E-state index contributed by atoms with van der Waals surface area (Å²) in [7, 11) is -1.64. The maximum absolute atomic E-state index is 2.53. The van der Waals surface area contributed by atoms with E-state index in [0.29, 0.717) is 0 Å². The first-order chi connectivity index (χ1) is 9.86. The minimum atomic E-state index is -1.64. The largest absolute Gasteiger partial charge is 1.00 e. The van der Waals surface area contributed by atoms with E-state index in [-0.39, 0.29) is 40.6 Å². The fourth-order valence-corrected chi connectivity index (χ4v) is 12.7. The van der Waals surface area contributed by atoms with Crippen molar-refractivity contribution in [2.45, 2.75) is 57.0 Å². The van der Waals surface area contributed by atoms with Crippen molar-refractivity contribution in [3.05, 3.63) is 52.6 Å². The van der Waals surface area contributed by atoms with Gasteiger partial charge in [0.15, 0.2) is 0 Å². The van der Waals surface area contributed by atoms with Crippen molar-refractivity contribution in [3.63, 3.8) is 0 Å². The van der Waals surface area contributed by atoms with Crippen LogP contribution in [0.4, 0.5) is 0 Å². The summed E-state index contributed by atoms with van der Waals surface area (Å²) in [6.07, 6.45) is 0. The summed E-state index contributed by atoms with van der Waals surface area (Å²) < 4.78 is 0.270. The molecule has 1 aliphatic carbocycles. The van der Waals surface area contributed by atoms with Gasteiger partial charge in [-0.05, 0) is 0 Å². The Balaban J connectivity index is 0. The van der Waals surface area contributed by atoms with Crippen LogP contribution < -0.4 is 42.4 Å². The Bertz CT molecular complexity index is 580. The number of benzene rings is 1. The number of rotatable bonds is 4. The van der Waals surface area contributed by atoms with Crippen LogP contribution in [0.1, 0.15) is 41.5 Å². The summed E-state index contributed by atoms with van der Waals surface area (Å²) in [6.45, 7) is 14.2. The van der Waals surface area contributed by atoms with Gasteiger partial charge in [-0.3, -0.25) is 0 Å². The summed E-state index contributed by atoms with van der Waals surface area (Å²) in [5.41, 5.74) is 6.31. The minimum Gasteiger partial charge on any atom is -1.00 e. The first-order valence-corrected chi connectivity index (χ1v) is 11.2. The van der Waals surface area contributed by atoms with Crippen LogP contribution in [0, 0.1) is 0 Å². The molecule has 0 atom stereocenters. The van der Waals surface area contributed by atoms with Crippen LogP contribution in [-0.2, 0) is 20.4 Å². The molecule has 0 spiro atoms. The van der Waals surface area contributed by atoms with Crippen molar-refractivity contribution in [1.82, 2.24) is 0 Å². The summed E-state index contributed by atoms with van der Waals surface area (Å²) in [4.78, 5) is 0. The van der Waals surface area contributed by atoms with E-state index in [0.717, 1.165) is 0 Å². The Kier molecular flexibility index (Phi) is 11.1. The third-order valence-electron chi connectivity index (χ3n) is 6.06. The zero-order valence-corrected chi connectivity index (χ0v) is 20.3. The zero-order valence-electron chi connectivity index (χ0n) is 15.4. The molecule has 132 valence electrons.